The van der Waals surface area contributed by atoms with Gasteiger partial charge in [-0.3, -0.25) is 0 Å². The number of nitrogens with zero attached hydrogens (tertiary/aromatic N) is 1. The lowest BCUT2D eigenvalue weighted by atomic mass is 10.2. The fraction of sp³-hybridized carbons (Fsp3) is 0.692. The SMILES string of the molecule is O=S(=O)(C1CCCNC1)N(Cc1ccsc1)C1CC1. The highest BCUT2D eigenvalue weighted by Crippen LogP contribution is 2.33. The molecule has 0 aromatic carbocycles. The van der Waals surface area contributed by atoms with Crippen LogP contribution < -0.4 is 5.32 Å². The molecule has 1 saturated heterocycles. The van der Waals surface area contributed by atoms with Crippen molar-refractivity contribution in [2.24, 2.45) is 0 Å². The molecule has 2 fully saturated rings. The number of hydrogen-bond donors (Lipinski definition) is 1. The minimum Gasteiger partial charge on any atom is -0.315 e. The maximum atomic E-state index is 12.8. The molecule has 6 heteroatoms. The Morgan fingerprint density at radius 2 is 2.21 bits per heavy atom. The largest absolute Gasteiger partial charge is 0.315 e. The van der Waals surface area contributed by atoms with E-state index < -0.39 is 10.0 Å². The Labute approximate surface area is 118 Å². The zero-order valence-electron chi connectivity index (χ0n) is 10.9. The second kappa shape index (κ2) is 5.52. The predicted octanol–water partition coefficient (Wildman–Crippen LogP) is 1.79. The van der Waals surface area contributed by atoms with Gasteiger partial charge in [-0.2, -0.15) is 15.6 Å². The number of sulfonamides is 1. The van der Waals surface area contributed by atoms with Crippen LogP contribution in [0, 0.1) is 0 Å². The number of nitrogens with one attached hydrogen (secondary N) is 1. The first-order valence-electron chi connectivity index (χ1n) is 6.90. The van der Waals surface area contributed by atoms with Gasteiger partial charge in [0, 0.05) is 19.1 Å². The van der Waals surface area contributed by atoms with Crippen LogP contribution in [0.5, 0.6) is 0 Å². The van der Waals surface area contributed by atoms with Crippen molar-refractivity contribution in [1.29, 1.82) is 0 Å². The van der Waals surface area contributed by atoms with Gasteiger partial charge in [-0.15, -0.1) is 0 Å². The molecule has 1 atom stereocenters. The predicted molar refractivity (Wildman–Crippen MR) is 77.7 cm³/mol. The Bertz CT molecular complexity index is 503. The van der Waals surface area contributed by atoms with E-state index in [-0.39, 0.29) is 11.3 Å². The first kappa shape index (κ1) is 13.5. The molecule has 19 heavy (non-hydrogen) atoms. The molecule has 4 nitrogen and oxygen atoms in total. The van der Waals surface area contributed by atoms with Crippen molar-refractivity contribution in [3.05, 3.63) is 22.4 Å². The van der Waals surface area contributed by atoms with Gasteiger partial charge in [-0.1, -0.05) is 0 Å². The molecule has 106 valence electrons. The third kappa shape index (κ3) is 3.02. The van der Waals surface area contributed by atoms with E-state index in [1.54, 1.807) is 15.6 Å². The van der Waals surface area contributed by atoms with Crippen molar-refractivity contribution < 1.29 is 8.42 Å². The molecule has 1 saturated carbocycles. The average molecular weight is 300 g/mol. The van der Waals surface area contributed by atoms with E-state index in [0.29, 0.717) is 13.1 Å². The summed E-state index contributed by atoms with van der Waals surface area (Å²) in [5.41, 5.74) is 1.12. The molecule has 0 amide bonds. The standard InChI is InChI=1S/C13H20N2O2S2/c16-19(17,13-2-1-6-14-8-13)15(12-3-4-12)9-11-5-7-18-10-11/h5,7,10,12-14H,1-4,6,8-9H2. The zero-order chi connectivity index (χ0) is 13.3. The Morgan fingerprint density at radius 1 is 1.37 bits per heavy atom. The Morgan fingerprint density at radius 3 is 2.79 bits per heavy atom. The van der Waals surface area contributed by atoms with E-state index in [1.807, 2.05) is 16.8 Å². The van der Waals surface area contributed by atoms with Crippen molar-refractivity contribution in [1.82, 2.24) is 9.62 Å². The minimum atomic E-state index is -3.16. The Kier molecular flexibility index (Phi) is 3.93. The van der Waals surface area contributed by atoms with Gasteiger partial charge in [-0.25, -0.2) is 8.42 Å². The Balaban J connectivity index is 1.78. The highest BCUT2D eigenvalue weighted by molar-refractivity contribution is 7.89. The molecule has 1 unspecified atom stereocenters. The highest BCUT2D eigenvalue weighted by atomic mass is 32.2. The smallest absolute Gasteiger partial charge is 0.218 e. The van der Waals surface area contributed by atoms with E-state index in [0.717, 1.165) is 37.8 Å². The van der Waals surface area contributed by atoms with Gasteiger partial charge in [0.25, 0.3) is 0 Å². The molecule has 1 aromatic heterocycles. The molecule has 2 heterocycles. The molecule has 0 radical (unpaired) electrons. The monoisotopic (exact) mass is 300 g/mol. The molecule has 2 aliphatic rings. The summed E-state index contributed by atoms with van der Waals surface area (Å²) in [6.45, 7) is 2.10. The van der Waals surface area contributed by atoms with Crippen LogP contribution in [0.2, 0.25) is 0 Å². The Hall–Kier alpha value is -0.430. The normalized spacial score (nSPS) is 24.8. The van der Waals surface area contributed by atoms with Gasteiger partial charge < -0.3 is 5.32 Å². The third-order valence-corrected chi connectivity index (χ3v) is 6.93. The summed E-state index contributed by atoms with van der Waals surface area (Å²) in [5, 5.41) is 7.03. The van der Waals surface area contributed by atoms with Crippen molar-refractivity contribution >= 4 is 21.4 Å². The summed E-state index contributed by atoms with van der Waals surface area (Å²) in [7, 11) is -3.16. The van der Waals surface area contributed by atoms with Crippen molar-refractivity contribution in [3.63, 3.8) is 0 Å². The number of thiophene rings is 1. The lowest BCUT2D eigenvalue weighted by molar-refractivity contribution is 0.379. The van der Waals surface area contributed by atoms with Crippen LogP contribution in [0.4, 0.5) is 0 Å². The number of piperidine rings is 1. The van der Waals surface area contributed by atoms with Crippen LogP contribution in [0.1, 0.15) is 31.2 Å². The van der Waals surface area contributed by atoms with E-state index in [2.05, 4.69) is 5.32 Å². The van der Waals surface area contributed by atoms with Gasteiger partial charge in [0.2, 0.25) is 10.0 Å². The molecule has 3 rings (SSSR count). The lowest BCUT2D eigenvalue weighted by Gasteiger charge is -2.30. The van der Waals surface area contributed by atoms with Gasteiger partial charge in [-0.05, 0) is 54.6 Å². The van der Waals surface area contributed by atoms with Gasteiger partial charge in [0.1, 0.15) is 0 Å². The average Bonchev–Trinajstić information content (AvgIpc) is 3.13. The molecular weight excluding hydrogens is 280 g/mol. The molecule has 1 aromatic rings. The summed E-state index contributed by atoms with van der Waals surface area (Å²) < 4.78 is 27.3. The van der Waals surface area contributed by atoms with E-state index in [9.17, 15) is 8.42 Å². The molecule has 0 spiro atoms. The molecular formula is C13H20N2O2S2. The third-order valence-electron chi connectivity index (χ3n) is 3.87. The summed E-state index contributed by atoms with van der Waals surface area (Å²) in [5.74, 6) is 0. The second-order valence-corrected chi connectivity index (χ2v) is 8.37. The van der Waals surface area contributed by atoms with Crippen molar-refractivity contribution in [2.45, 2.75) is 43.5 Å². The molecule has 1 aliphatic carbocycles. The summed E-state index contributed by atoms with van der Waals surface area (Å²) in [6.07, 6.45) is 3.79. The molecule has 1 N–H and O–H groups in total. The highest BCUT2D eigenvalue weighted by Gasteiger charge is 2.41. The first-order chi connectivity index (χ1) is 9.18. The van der Waals surface area contributed by atoms with Crippen LogP contribution in [0.25, 0.3) is 0 Å². The minimum absolute atomic E-state index is 0.236. The maximum absolute atomic E-state index is 12.8. The van der Waals surface area contributed by atoms with Gasteiger partial charge in [0.15, 0.2) is 0 Å². The van der Waals surface area contributed by atoms with Crippen molar-refractivity contribution in [2.75, 3.05) is 13.1 Å². The van der Waals surface area contributed by atoms with Crippen LogP contribution in [-0.4, -0.2) is 37.1 Å². The van der Waals surface area contributed by atoms with Crippen LogP contribution in [-0.2, 0) is 16.6 Å². The van der Waals surface area contributed by atoms with Crippen molar-refractivity contribution in [3.8, 4) is 0 Å². The summed E-state index contributed by atoms with van der Waals surface area (Å²) in [4.78, 5) is 0. The quantitative estimate of drug-likeness (QED) is 0.902. The second-order valence-electron chi connectivity index (χ2n) is 5.42. The first-order valence-corrected chi connectivity index (χ1v) is 9.35. The summed E-state index contributed by atoms with van der Waals surface area (Å²) in [6, 6.07) is 2.26. The van der Waals surface area contributed by atoms with E-state index >= 15 is 0 Å². The maximum Gasteiger partial charge on any atom is 0.218 e. The fourth-order valence-corrected chi connectivity index (χ4v) is 5.41. The van der Waals surface area contributed by atoms with Crippen LogP contribution in [0.3, 0.4) is 0 Å². The van der Waals surface area contributed by atoms with Gasteiger partial charge in [0.05, 0.1) is 5.25 Å². The van der Waals surface area contributed by atoms with Gasteiger partial charge >= 0.3 is 0 Å². The number of rotatable bonds is 5. The molecule has 1 aliphatic heterocycles. The van der Waals surface area contributed by atoms with E-state index in [4.69, 9.17) is 0 Å². The summed E-state index contributed by atoms with van der Waals surface area (Å²) >= 11 is 1.63. The van der Waals surface area contributed by atoms with E-state index in [1.165, 1.54) is 0 Å². The zero-order valence-corrected chi connectivity index (χ0v) is 12.5. The lowest BCUT2D eigenvalue weighted by Crippen LogP contribution is -2.46. The number of hydrogen-bond acceptors (Lipinski definition) is 4. The van der Waals surface area contributed by atoms with Crippen LogP contribution in [0.15, 0.2) is 16.8 Å². The molecule has 0 bridgehead atoms. The topological polar surface area (TPSA) is 49.4 Å². The fourth-order valence-electron chi connectivity index (χ4n) is 2.62. The van der Waals surface area contributed by atoms with Crippen LogP contribution >= 0.6 is 11.3 Å².